The molecule has 6 nitrogen and oxygen atoms in total. The summed E-state index contributed by atoms with van der Waals surface area (Å²) in [5, 5.41) is 0.531. The van der Waals surface area contributed by atoms with Crippen molar-refractivity contribution in [3.8, 4) is 5.75 Å². The molecule has 5 aromatic rings. The molecule has 0 radical (unpaired) electrons. The van der Waals surface area contributed by atoms with E-state index in [9.17, 15) is 14.0 Å². The summed E-state index contributed by atoms with van der Waals surface area (Å²) >= 11 is 7.44. The molecule has 220 valence electrons. The van der Waals surface area contributed by atoms with Crippen molar-refractivity contribution in [2.45, 2.75) is 19.6 Å². The van der Waals surface area contributed by atoms with Gasteiger partial charge in [-0.1, -0.05) is 95.7 Å². The molecule has 1 aromatic heterocycles. The zero-order chi connectivity index (χ0) is 30.6. The van der Waals surface area contributed by atoms with Crippen LogP contribution in [-0.2, 0) is 16.1 Å². The van der Waals surface area contributed by atoms with Gasteiger partial charge < -0.3 is 9.47 Å². The van der Waals surface area contributed by atoms with E-state index in [0.717, 1.165) is 11.1 Å². The van der Waals surface area contributed by atoms with Crippen LogP contribution in [0, 0.1) is 5.82 Å². The third kappa shape index (κ3) is 6.00. The van der Waals surface area contributed by atoms with Gasteiger partial charge in [0.25, 0.3) is 5.56 Å². The van der Waals surface area contributed by atoms with Crippen molar-refractivity contribution in [1.82, 2.24) is 4.57 Å². The second-order valence-corrected chi connectivity index (χ2v) is 11.4. The molecule has 4 aromatic carbocycles. The number of para-hydroxylation sites is 1. The van der Waals surface area contributed by atoms with Gasteiger partial charge in [0.1, 0.15) is 18.2 Å². The number of esters is 1. The van der Waals surface area contributed by atoms with Crippen molar-refractivity contribution in [2.75, 3.05) is 6.61 Å². The van der Waals surface area contributed by atoms with Crippen LogP contribution in [0.15, 0.2) is 118 Å². The molecule has 0 aliphatic carbocycles. The van der Waals surface area contributed by atoms with E-state index in [0.29, 0.717) is 36.9 Å². The van der Waals surface area contributed by atoms with E-state index in [4.69, 9.17) is 26.1 Å². The molecule has 1 aliphatic rings. The van der Waals surface area contributed by atoms with Gasteiger partial charge in [0.15, 0.2) is 4.80 Å². The van der Waals surface area contributed by atoms with Crippen LogP contribution in [0.4, 0.5) is 4.39 Å². The highest BCUT2D eigenvalue weighted by molar-refractivity contribution is 7.07. The van der Waals surface area contributed by atoms with Crippen LogP contribution in [0.2, 0.25) is 5.02 Å². The molecule has 0 spiro atoms. The first kappa shape index (κ1) is 29.3. The standard InChI is InChI=1S/C35H26ClFN2O4S/c1-2-42-34(41)30-31(23-8-4-3-5-9-23)38-35-39(32(30)24-14-16-26(36)17-15-24)33(40)29(44-35)20-25-10-6-7-11-28(25)43-21-22-12-18-27(37)19-13-22/h3-20,32H,2,21H2,1H3/b29-20-/t32-/m0/s1. The highest BCUT2D eigenvalue weighted by Gasteiger charge is 2.35. The Morgan fingerprint density at radius 2 is 1.68 bits per heavy atom. The summed E-state index contributed by atoms with van der Waals surface area (Å²) in [5.41, 5.74) is 3.32. The lowest BCUT2D eigenvalue weighted by atomic mass is 9.93. The molecule has 0 saturated carbocycles. The highest BCUT2D eigenvalue weighted by Crippen LogP contribution is 2.35. The molecule has 0 fully saturated rings. The fraction of sp³-hybridized carbons (Fsp3) is 0.114. The number of benzene rings is 4. The molecule has 0 N–H and O–H groups in total. The molecular formula is C35H26ClFN2O4S. The van der Waals surface area contributed by atoms with E-state index < -0.39 is 12.0 Å². The van der Waals surface area contributed by atoms with Gasteiger partial charge in [0.2, 0.25) is 0 Å². The van der Waals surface area contributed by atoms with Crippen molar-refractivity contribution in [3.63, 3.8) is 0 Å². The predicted octanol–water partition coefficient (Wildman–Crippen LogP) is 6.31. The minimum Gasteiger partial charge on any atom is -0.488 e. The Labute approximate surface area is 261 Å². The molecule has 0 amide bonds. The molecule has 0 unspecified atom stereocenters. The topological polar surface area (TPSA) is 69.9 Å². The maximum absolute atomic E-state index is 14.2. The second kappa shape index (κ2) is 12.8. The van der Waals surface area contributed by atoms with E-state index >= 15 is 0 Å². The van der Waals surface area contributed by atoms with Crippen LogP contribution in [-0.4, -0.2) is 17.1 Å². The van der Waals surface area contributed by atoms with Gasteiger partial charge in [-0.05, 0) is 54.5 Å². The monoisotopic (exact) mass is 624 g/mol. The fourth-order valence-electron chi connectivity index (χ4n) is 5.02. The zero-order valence-electron chi connectivity index (χ0n) is 23.6. The Hall–Kier alpha value is -4.79. The first-order valence-corrected chi connectivity index (χ1v) is 15.1. The van der Waals surface area contributed by atoms with E-state index in [1.54, 1.807) is 54.0 Å². The van der Waals surface area contributed by atoms with Crippen LogP contribution >= 0.6 is 22.9 Å². The number of rotatable bonds is 8. The SMILES string of the molecule is CCOC(=O)C1=C(c2ccccc2)N=c2s/c(=C\c3ccccc3OCc3ccc(F)cc3)c(=O)n2[C@H]1c1ccc(Cl)cc1. The number of carbonyl (C=O) groups is 1. The number of carbonyl (C=O) groups excluding carboxylic acids is 1. The molecule has 0 saturated heterocycles. The average Bonchev–Trinajstić information content (AvgIpc) is 3.35. The minimum atomic E-state index is -0.801. The third-order valence-corrected chi connectivity index (χ3v) is 8.31. The molecule has 0 bridgehead atoms. The lowest BCUT2D eigenvalue weighted by molar-refractivity contribution is -0.138. The van der Waals surface area contributed by atoms with E-state index in [1.807, 2.05) is 54.6 Å². The number of hydrogen-bond acceptors (Lipinski definition) is 6. The Balaban J connectivity index is 1.51. The first-order chi connectivity index (χ1) is 21.4. The molecule has 6 rings (SSSR count). The summed E-state index contributed by atoms with van der Waals surface area (Å²) in [6.45, 7) is 2.13. The number of nitrogens with zero attached hydrogens (tertiary/aromatic N) is 2. The summed E-state index contributed by atoms with van der Waals surface area (Å²) in [6, 6.07) is 29.1. The number of aromatic nitrogens is 1. The van der Waals surface area contributed by atoms with Gasteiger partial charge in [-0.25, -0.2) is 14.2 Å². The first-order valence-electron chi connectivity index (χ1n) is 13.9. The van der Waals surface area contributed by atoms with Crippen LogP contribution in [0.3, 0.4) is 0 Å². The Kier molecular flexibility index (Phi) is 8.54. The average molecular weight is 625 g/mol. The molecule has 2 heterocycles. The predicted molar refractivity (Wildman–Crippen MR) is 170 cm³/mol. The Morgan fingerprint density at radius 1 is 0.977 bits per heavy atom. The van der Waals surface area contributed by atoms with Gasteiger partial charge in [0, 0.05) is 16.1 Å². The minimum absolute atomic E-state index is 0.164. The van der Waals surface area contributed by atoms with Crippen molar-refractivity contribution >= 4 is 40.7 Å². The summed E-state index contributed by atoms with van der Waals surface area (Å²) in [5.74, 6) is -0.305. The summed E-state index contributed by atoms with van der Waals surface area (Å²) in [6.07, 6.45) is 1.76. The van der Waals surface area contributed by atoms with Crippen LogP contribution in [0.5, 0.6) is 5.75 Å². The summed E-state index contributed by atoms with van der Waals surface area (Å²) < 4.78 is 26.9. The van der Waals surface area contributed by atoms with Crippen molar-refractivity contribution < 1.29 is 18.7 Å². The molecule has 1 atom stereocenters. The number of halogens is 2. The highest BCUT2D eigenvalue weighted by atomic mass is 35.5. The number of ether oxygens (including phenoxy) is 2. The fourth-order valence-corrected chi connectivity index (χ4v) is 6.13. The van der Waals surface area contributed by atoms with Gasteiger partial charge in [-0.2, -0.15) is 0 Å². The van der Waals surface area contributed by atoms with E-state index in [-0.39, 0.29) is 30.2 Å². The third-order valence-electron chi connectivity index (χ3n) is 7.07. The summed E-state index contributed by atoms with van der Waals surface area (Å²) in [7, 11) is 0. The van der Waals surface area contributed by atoms with Crippen LogP contribution in [0.25, 0.3) is 11.8 Å². The lowest BCUT2D eigenvalue weighted by Crippen LogP contribution is -2.40. The number of fused-ring (bicyclic) bond motifs is 1. The van der Waals surface area contributed by atoms with Crippen molar-refractivity contribution in [2.24, 2.45) is 4.99 Å². The van der Waals surface area contributed by atoms with Crippen molar-refractivity contribution in [1.29, 1.82) is 0 Å². The Morgan fingerprint density at radius 3 is 2.41 bits per heavy atom. The molecule has 44 heavy (non-hydrogen) atoms. The quantitative estimate of drug-likeness (QED) is 0.190. The number of thiazole rings is 1. The second-order valence-electron chi connectivity index (χ2n) is 9.94. The normalized spacial score (nSPS) is 14.6. The lowest BCUT2D eigenvalue weighted by Gasteiger charge is -2.25. The van der Waals surface area contributed by atoms with Gasteiger partial charge in [-0.15, -0.1) is 0 Å². The Bertz CT molecular complexity index is 2040. The zero-order valence-corrected chi connectivity index (χ0v) is 25.1. The number of hydrogen-bond donors (Lipinski definition) is 0. The molecular weight excluding hydrogens is 599 g/mol. The van der Waals surface area contributed by atoms with Crippen LogP contribution < -0.4 is 19.6 Å². The van der Waals surface area contributed by atoms with Gasteiger partial charge in [0.05, 0.1) is 28.5 Å². The summed E-state index contributed by atoms with van der Waals surface area (Å²) in [4.78, 5) is 33.1. The van der Waals surface area contributed by atoms with Gasteiger partial charge in [-0.3, -0.25) is 9.36 Å². The van der Waals surface area contributed by atoms with Gasteiger partial charge >= 0.3 is 5.97 Å². The largest absolute Gasteiger partial charge is 0.488 e. The van der Waals surface area contributed by atoms with Crippen molar-refractivity contribution in [3.05, 3.63) is 161 Å². The molecule has 9 heteroatoms. The smallest absolute Gasteiger partial charge is 0.338 e. The maximum Gasteiger partial charge on any atom is 0.338 e. The maximum atomic E-state index is 14.2. The molecule has 1 aliphatic heterocycles. The van der Waals surface area contributed by atoms with Crippen LogP contribution in [0.1, 0.15) is 35.2 Å². The van der Waals surface area contributed by atoms with E-state index in [2.05, 4.69) is 0 Å². The van der Waals surface area contributed by atoms with E-state index in [1.165, 1.54) is 23.5 Å².